The molecule has 1 aliphatic carbocycles. The Morgan fingerprint density at radius 2 is 2.00 bits per heavy atom. The smallest absolute Gasteiger partial charge is 0.375 e. The number of nitrogen functional groups attached to an aromatic ring is 1. The summed E-state index contributed by atoms with van der Waals surface area (Å²) < 4.78 is 39.3. The molecule has 1 saturated carbocycles. The van der Waals surface area contributed by atoms with Crippen LogP contribution in [0.4, 0.5) is 18.3 Å². The second-order valence-electron chi connectivity index (χ2n) is 4.65. The van der Waals surface area contributed by atoms with Crippen molar-refractivity contribution >= 4 is 16.5 Å². The molecule has 6 heteroatoms. The molecule has 19 heavy (non-hydrogen) atoms. The van der Waals surface area contributed by atoms with Crippen molar-refractivity contribution in [3.05, 3.63) is 34.7 Å². The second kappa shape index (κ2) is 4.23. The Morgan fingerprint density at radius 1 is 1.26 bits per heavy atom. The molecule has 0 radical (unpaired) electrons. The van der Waals surface area contributed by atoms with Crippen LogP contribution in [0, 0.1) is 0 Å². The summed E-state index contributed by atoms with van der Waals surface area (Å²) >= 11 is 1.22. The fourth-order valence-corrected chi connectivity index (χ4v) is 2.70. The zero-order chi connectivity index (χ0) is 13.6. The average molecular weight is 284 g/mol. The van der Waals surface area contributed by atoms with Gasteiger partial charge in [0.2, 0.25) is 0 Å². The van der Waals surface area contributed by atoms with Gasteiger partial charge in [-0.2, -0.15) is 13.2 Å². The number of aromatic nitrogens is 1. The molecule has 1 fully saturated rings. The molecule has 0 bridgehead atoms. The fraction of sp³-hybridized carbons (Fsp3) is 0.308. The molecule has 0 saturated heterocycles. The number of hydrogen-bond acceptors (Lipinski definition) is 3. The van der Waals surface area contributed by atoms with Gasteiger partial charge in [-0.05, 0) is 30.4 Å². The monoisotopic (exact) mass is 284 g/mol. The third kappa shape index (κ3) is 2.45. The average Bonchev–Trinajstić information content (AvgIpc) is 3.10. The van der Waals surface area contributed by atoms with Crippen molar-refractivity contribution in [1.29, 1.82) is 0 Å². The Balaban J connectivity index is 2.09. The maximum atomic E-state index is 13.1. The Labute approximate surface area is 112 Å². The number of benzene rings is 1. The first-order valence-corrected chi connectivity index (χ1v) is 6.75. The van der Waals surface area contributed by atoms with Crippen molar-refractivity contribution in [3.63, 3.8) is 0 Å². The van der Waals surface area contributed by atoms with E-state index in [0.717, 1.165) is 12.8 Å². The van der Waals surface area contributed by atoms with Gasteiger partial charge in [0.1, 0.15) is 0 Å². The van der Waals surface area contributed by atoms with Crippen LogP contribution in [0.5, 0.6) is 0 Å². The first kappa shape index (κ1) is 12.5. The maximum absolute atomic E-state index is 13.1. The van der Waals surface area contributed by atoms with Gasteiger partial charge in [0.15, 0.2) is 5.13 Å². The molecule has 1 aliphatic rings. The van der Waals surface area contributed by atoms with E-state index in [1.54, 1.807) is 17.5 Å². The molecule has 100 valence electrons. The van der Waals surface area contributed by atoms with E-state index in [9.17, 15) is 13.2 Å². The minimum atomic E-state index is -4.32. The van der Waals surface area contributed by atoms with Crippen molar-refractivity contribution in [2.24, 2.45) is 0 Å². The lowest BCUT2D eigenvalue weighted by molar-refractivity contribution is -0.138. The minimum Gasteiger partial charge on any atom is -0.375 e. The highest BCUT2D eigenvalue weighted by Gasteiger charge is 2.38. The lowest BCUT2D eigenvalue weighted by atomic mass is 9.99. The topological polar surface area (TPSA) is 38.9 Å². The maximum Gasteiger partial charge on any atom is 0.416 e. The van der Waals surface area contributed by atoms with Gasteiger partial charge in [0.25, 0.3) is 0 Å². The highest BCUT2D eigenvalue weighted by Crippen LogP contribution is 2.46. The summed E-state index contributed by atoms with van der Waals surface area (Å²) in [7, 11) is 0. The summed E-state index contributed by atoms with van der Waals surface area (Å²) in [6.45, 7) is 0. The molecule has 0 unspecified atom stereocenters. The highest BCUT2D eigenvalue weighted by atomic mass is 32.1. The van der Waals surface area contributed by atoms with Gasteiger partial charge in [0, 0.05) is 10.9 Å². The third-order valence-electron chi connectivity index (χ3n) is 3.19. The predicted molar refractivity (Wildman–Crippen MR) is 68.9 cm³/mol. The van der Waals surface area contributed by atoms with Crippen molar-refractivity contribution in [2.75, 3.05) is 5.73 Å². The number of nitrogens with zero attached hydrogens (tertiary/aromatic N) is 1. The molecular weight excluding hydrogens is 273 g/mol. The largest absolute Gasteiger partial charge is 0.416 e. The van der Waals surface area contributed by atoms with E-state index < -0.39 is 11.7 Å². The van der Waals surface area contributed by atoms with Crippen LogP contribution in [0.3, 0.4) is 0 Å². The van der Waals surface area contributed by atoms with Gasteiger partial charge < -0.3 is 5.73 Å². The summed E-state index contributed by atoms with van der Waals surface area (Å²) in [6, 6.07) is 4.45. The van der Waals surface area contributed by atoms with E-state index in [1.165, 1.54) is 17.4 Å². The zero-order valence-electron chi connectivity index (χ0n) is 9.87. The van der Waals surface area contributed by atoms with Gasteiger partial charge in [-0.25, -0.2) is 4.98 Å². The molecule has 0 amide bonds. The molecule has 1 aromatic heterocycles. The molecule has 0 aliphatic heterocycles. The van der Waals surface area contributed by atoms with Gasteiger partial charge in [0.05, 0.1) is 11.3 Å². The Bertz CT molecular complexity index is 615. The quantitative estimate of drug-likeness (QED) is 0.893. The van der Waals surface area contributed by atoms with E-state index in [0.29, 0.717) is 22.0 Å². The molecule has 2 N–H and O–H groups in total. The number of rotatable bonds is 2. The second-order valence-corrected chi connectivity index (χ2v) is 5.53. The first-order valence-electron chi connectivity index (χ1n) is 5.87. The van der Waals surface area contributed by atoms with Crippen LogP contribution in [0.2, 0.25) is 0 Å². The van der Waals surface area contributed by atoms with Crippen molar-refractivity contribution in [2.45, 2.75) is 24.9 Å². The van der Waals surface area contributed by atoms with Crippen LogP contribution in [-0.4, -0.2) is 4.98 Å². The number of nitrogens with two attached hydrogens (primary N) is 1. The summed E-state index contributed by atoms with van der Waals surface area (Å²) in [5, 5.41) is 2.02. The van der Waals surface area contributed by atoms with E-state index >= 15 is 0 Å². The standard InChI is InChI=1S/C13H11F3N2S/c14-13(15,16)10-5-8(11-6-19-12(17)18-11)3-4-9(10)7-1-2-7/h3-7H,1-2H2,(H2,17,18). The normalized spacial score (nSPS) is 15.7. The Kier molecular flexibility index (Phi) is 2.78. The summed E-state index contributed by atoms with van der Waals surface area (Å²) in [4.78, 5) is 4.02. The van der Waals surface area contributed by atoms with Gasteiger partial charge in [-0.1, -0.05) is 12.1 Å². The number of alkyl halides is 3. The molecule has 2 nitrogen and oxygen atoms in total. The zero-order valence-corrected chi connectivity index (χ0v) is 10.7. The molecule has 2 aromatic rings. The molecule has 0 atom stereocenters. The third-order valence-corrected chi connectivity index (χ3v) is 3.87. The van der Waals surface area contributed by atoms with Gasteiger partial charge in [-0.3, -0.25) is 0 Å². The molecule has 3 rings (SSSR count). The molecule has 1 heterocycles. The molecule has 0 spiro atoms. The minimum absolute atomic E-state index is 0.0613. The number of anilines is 1. The van der Waals surface area contributed by atoms with Crippen molar-refractivity contribution < 1.29 is 13.2 Å². The summed E-state index contributed by atoms with van der Waals surface area (Å²) in [5.41, 5.74) is 6.33. The van der Waals surface area contributed by atoms with E-state index in [2.05, 4.69) is 4.98 Å². The van der Waals surface area contributed by atoms with Crippen LogP contribution in [-0.2, 0) is 6.18 Å². The van der Waals surface area contributed by atoms with Crippen LogP contribution >= 0.6 is 11.3 Å². The SMILES string of the molecule is Nc1nc(-c2ccc(C3CC3)c(C(F)(F)F)c2)cs1. The van der Waals surface area contributed by atoms with Crippen LogP contribution in [0.15, 0.2) is 23.6 Å². The van der Waals surface area contributed by atoms with Crippen LogP contribution in [0.1, 0.15) is 29.9 Å². The van der Waals surface area contributed by atoms with Gasteiger partial charge in [-0.15, -0.1) is 11.3 Å². The number of halogens is 3. The van der Waals surface area contributed by atoms with E-state index in [-0.39, 0.29) is 5.92 Å². The van der Waals surface area contributed by atoms with Crippen LogP contribution < -0.4 is 5.73 Å². The first-order chi connectivity index (χ1) is 8.95. The van der Waals surface area contributed by atoms with E-state index in [1.807, 2.05) is 0 Å². The predicted octanol–water partition coefficient (Wildman–Crippen LogP) is 4.29. The number of hydrogen-bond donors (Lipinski definition) is 1. The van der Waals surface area contributed by atoms with Crippen LogP contribution in [0.25, 0.3) is 11.3 Å². The van der Waals surface area contributed by atoms with Crippen molar-refractivity contribution in [3.8, 4) is 11.3 Å². The molecule has 1 aromatic carbocycles. The molecular formula is C13H11F3N2S. The number of thiazole rings is 1. The van der Waals surface area contributed by atoms with Crippen molar-refractivity contribution in [1.82, 2.24) is 4.98 Å². The highest BCUT2D eigenvalue weighted by molar-refractivity contribution is 7.13. The van der Waals surface area contributed by atoms with E-state index in [4.69, 9.17) is 5.73 Å². The Morgan fingerprint density at radius 3 is 2.53 bits per heavy atom. The summed E-state index contributed by atoms with van der Waals surface area (Å²) in [5.74, 6) is 0.0613. The summed E-state index contributed by atoms with van der Waals surface area (Å²) in [6.07, 6.45) is -2.65. The Hall–Kier alpha value is -1.56. The van der Waals surface area contributed by atoms with Gasteiger partial charge >= 0.3 is 6.18 Å². The fourth-order valence-electron chi connectivity index (χ4n) is 2.13. The lowest BCUT2D eigenvalue weighted by Crippen LogP contribution is -2.09. The lowest BCUT2D eigenvalue weighted by Gasteiger charge is -2.13.